The first kappa shape index (κ1) is 13.5. The van der Waals surface area contributed by atoms with Crippen molar-refractivity contribution in [1.29, 1.82) is 0 Å². The van der Waals surface area contributed by atoms with Gasteiger partial charge in [-0.05, 0) is 25.5 Å². The predicted octanol–water partition coefficient (Wildman–Crippen LogP) is 5.05. The summed E-state index contributed by atoms with van der Waals surface area (Å²) in [4.78, 5) is 4.52. The number of aliphatic imine (C=N–C) groups is 1. The number of hydrogen-bond acceptors (Lipinski definition) is 3. The Hall–Kier alpha value is 0.1000. The van der Waals surface area contributed by atoms with Gasteiger partial charge >= 0.3 is 0 Å². The van der Waals surface area contributed by atoms with Crippen molar-refractivity contribution in [3.05, 3.63) is 26.7 Å². The molecule has 0 aliphatic carbocycles. The Kier molecular flexibility index (Phi) is 4.64. The predicted molar refractivity (Wildman–Crippen MR) is 81.8 cm³/mol. The normalized spacial score (nSPS) is 20.0. The van der Waals surface area contributed by atoms with E-state index in [0.717, 1.165) is 27.5 Å². The van der Waals surface area contributed by atoms with Gasteiger partial charge in [-0.3, -0.25) is 4.99 Å². The smallest absolute Gasteiger partial charge is 0.161 e. The molecule has 1 heterocycles. The SMILES string of the molecule is CC1CCSC(Nc2c(Cl)cc(Br)cc2Cl)=N1. The highest BCUT2D eigenvalue weighted by Gasteiger charge is 2.14. The van der Waals surface area contributed by atoms with Crippen LogP contribution in [0.3, 0.4) is 0 Å². The summed E-state index contributed by atoms with van der Waals surface area (Å²) in [5, 5.41) is 5.27. The van der Waals surface area contributed by atoms with Crippen molar-refractivity contribution < 1.29 is 0 Å². The highest BCUT2D eigenvalue weighted by atomic mass is 79.9. The summed E-state index contributed by atoms with van der Waals surface area (Å²) in [6.45, 7) is 2.10. The van der Waals surface area contributed by atoms with Gasteiger partial charge in [0.1, 0.15) is 0 Å². The molecule has 1 unspecified atom stereocenters. The summed E-state index contributed by atoms with van der Waals surface area (Å²) in [7, 11) is 0. The van der Waals surface area contributed by atoms with Crippen molar-refractivity contribution in [2.75, 3.05) is 11.1 Å². The Morgan fingerprint density at radius 3 is 2.65 bits per heavy atom. The Labute approximate surface area is 123 Å². The Morgan fingerprint density at radius 2 is 2.06 bits per heavy atom. The maximum Gasteiger partial charge on any atom is 0.161 e. The van der Waals surface area contributed by atoms with E-state index in [4.69, 9.17) is 23.2 Å². The largest absolute Gasteiger partial charge is 0.333 e. The molecular weight excluding hydrogens is 343 g/mol. The van der Waals surface area contributed by atoms with Crippen molar-refractivity contribution in [1.82, 2.24) is 0 Å². The van der Waals surface area contributed by atoms with Crippen molar-refractivity contribution in [2.45, 2.75) is 19.4 Å². The van der Waals surface area contributed by atoms with Crippen LogP contribution in [0.15, 0.2) is 21.6 Å². The van der Waals surface area contributed by atoms with E-state index in [1.807, 2.05) is 12.1 Å². The monoisotopic (exact) mass is 352 g/mol. The molecule has 1 aliphatic heterocycles. The minimum Gasteiger partial charge on any atom is -0.333 e. The van der Waals surface area contributed by atoms with E-state index < -0.39 is 0 Å². The van der Waals surface area contributed by atoms with Crippen molar-refractivity contribution in [2.24, 2.45) is 4.99 Å². The molecule has 0 radical (unpaired) electrons. The topological polar surface area (TPSA) is 24.4 Å². The molecule has 0 aromatic heterocycles. The lowest BCUT2D eigenvalue weighted by atomic mass is 10.3. The number of benzene rings is 1. The van der Waals surface area contributed by atoms with Crippen molar-refractivity contribution in [3.8, 4) is 0 Å². The molecule has 0 amide bonds. The highest BCUT2D eigenvalue weighted by Crippen LogP contribution is 2.35. The van der Waals surface area contributed by atoms with E-state index in [-0.39, 0.29) is 0 Å². The van der Waals surface area contributed by atoms with E-state index in [0.29, 0.717) is 16.1 Å². The fourth-order valence-electron chi connectivity index (χ4n) is 1.47. The molecule has 1 aliphatic rings. The third-order valence-electron chi connectivity index (χ3n) is 2.35. The second kappa shape index (κ2) is 5.83. The molecule has 0 spiro atoms. The second-order valence-corrected chi connectivity index (χ2v) is 6.60. The average Bonchev–Trinajstić information content (AvgIpc) is 2.23. The van der Waals surface area contributed by atoms with Crippen LogP contribution in [0.1, 0.15) is 13.3 Å². The molecule has 2 nitrogen and oxygen atoms in total. The van der Waals surface area contributed by atoms with Gasteiger partial charge in [0.25, 0.3) is 0 Å². The molecular formula is C11H11BrCl2N2S. The molecule has 6 heteroatoms. The van der Waals surface area contributed by atoms with Gasteiger partial charge in [-0.15, -0.1) is 0 Å². The molecule has 1 aromatic rings. The van der Waals surface area contributed by atoms with E-state index >= 15 is 0 Å². The third kappa shape index (κ3) is 3.53. The number of halogens is 3. The molecule has 0 saturated carbocycles. The molecule has 1 aromatic carbocycles. The summed E-state index contributed by atoms with van der Waals surface area (Å²) >= 11 is 17.3. The quantitative estimate of drug-likeness (QED) is 0.763. The molecule has 17 heavy (non-hydrogen) atoms. The molecule has 1 N–H and O–H groups in total. The molecule has 0 fully saturated rings. The summed E-state index contributed by atoms with van der Waals surface area (Å²) in [5.74, 6) is 1.07. The number of thioether (sulfide) groups is 1. The fraction of sp³-hybridized carbons (Fsp3) is 0.364. The lowest BCUT2D eigenvalue weighted by Gasteiger charge is -2.19. The van der Waals surface area contributed by atoms with E-state index in [9.17, 15) is 0 Å². The Balaban J connectivity index is 2.24. The minimum atomic E-state index is 0.353. The zero-order valence-electron chi connectivity index (χ0n) is 9.14. The van der Waals surface area contributed by atoms with Crippen molar-refractivity contribution in [3.63, 3.8) is 0 Å². The van der Waals surface area contributed by atoms with Crippen LogP contribution in [0.25, 0.3) is 0 Å². The molecule has 92 valence electrons. The van der Waals surface area contributed by atoms with Crippen LogP contribution in [-0.4, -0.2) is 17.0 Å². The molecule has 2 rings (SSSR count). The minimum absolute atomic E-state index is 0.353. The van der Waals surface area contributed by atoms with E-state index in [2.05, 4.69) is 33.2 Å². The molecule has 1 atom stereocenters. The third-order valence-corrected chi connectivity index (χ3v) is 4.33. The standard InChI is InChI=1S/C11H11BrCl2N2S/c1-6-2-3-17-11(15-6)16-10-8(13)4-7(12)5-9(10)14/h4-6H,2-3H2,1H3,(H,15,16). The van der Waals surface area contributed by atoms with Crippen LogP contribution in [0, 0.1) is 0 Å². The van der Waals surface area contributed by atoms with Crippen molar-refractivity contribution >= 4 is 61.7 Å². The summed E-state index contributed by atoms with van der Waals surface area (Å²) in [6, 6.07) is 3.98. The van der Waals surface area contributed by atoms with Crippen LogP contribution < -0.4 is 5.32 Å². The maximum atomic E-state index is 6.15. The van der Waals surface area contributed by atoms with Gasteiger partial charge in [-0.25, -0.2) is 0 Å². The van der Waals surface area contributed by atoms with Gasteiger partial charge in [0.15, 0.2) is 5.17 Å². The zero-order chi connectivity index (χ0) is 12.4. The first-order chi connectivity index (χ1) is 8.06. The average molecular weight is 354 g/mol. The van der Waals surface area contributed by atoms with Gasteiger partial charge in [0, 0.05) is 10.2 Å². The van der Waals surface area contributed by atoms with Gasteiger partial charge in [-0.2, -0.15) is 0 Å². The van der Waals surface area contributed by atoms with Crippen LogP contribution in [0.5, 0.6) is 0 Å². The Bertz CT molecular complexity index is 442. The molecule has 0 bridgehead atoms. The lowest BCUT2D eigenvalue weighted by molar-refractivity contribution is 0.720. The summed E-state index contributed by atoms with van der Waals surface area (Å²) in [6.07, 6.45) is 1.11. The number of amidine groups is 1. The number of hydrogen-bond donors (Lipinski definition) is 1. The second-order valence-electron chi connectivity index (χ2n) is 3.79. The maximum absolute atomic E-state index is 6.15. The first-order valence-corrected chi connectivity index (χ1v) is 7.72. The first-order valence-electron chi connectivity index (χ1n) is 5.18. The summed E-state index contributed by atoms with van der Waals surface area (Å²) < 4.78 is 0.865. The van der Waals surface area contributed by atoms with E-state index in [1.165, 1.54) is 0 Å². The Morgan fingerprint density at radius 1 is 1.41 bits per heavy atom. The van der Waals surface area contributed by atoms with Crippen LogP contribution in [0.2, 0.25) is 10.0 Å². The lowest BCUT2D eigenvalue weighted by Crippen LogP contribution is -2.18. The van der Waals surface area contributed by atoms with Crippen LogP contribution >= 0.6 is 50.9 Å². The van der Waals surface area contributed by atoms with E-state index in [1.54, 1.807) is 11.8 Å². The zero-order valence-corrected chi connectivity index (χ0v) is 13.0. The van der Waals surface area contributed by atoms with Crippen LogP contribution in [-0.2, 0) is 0 Å². The fourth-order valence-corrected chi connectivity index (χ4v) is 3.85. The highest BCUT2D eigenvalue weighted by molar-refractivity contribution is 9.10. The molecule has 0 saturated heterocycles. The van der Waals surface area contributed by atoms with Gasteiger partial charge in [-0.1, -0.05) is 50.9 Å². The van der Waals surface area contributed by atoms with Gasteiger partial charge in [0.05, 0.1) is 21.8 Å². The number of rotatable bonds is 1. The number of nitrogens with one attached hydrogen (secondary N) is 1. The van der Waals surface area contributed by atoms with Gasteiger partial charge in [0.2, 0.25) is 0 Å². The number of anilines is 1. The summed E-state index contributed by atoms with van der Waals surface area (Å²) in [5.41, 5.74) is 0.719. The number of nitrogens with zero attached hydrogens (tertiary/aromatic N) is 1. The van der Waals surface area contributed by atoms with Crippen LogP contribution in [0.4, 0.5) is 5.69 Å². The van der Waals surface area contributed by atoms with Gasteiger partial charge < -0.3 is 5.32 Å².